The fraction of sp³-hybridized carbons (Fsp3) is 0.889. The summed E-state index contributed by atoms with van der Waals surface area (Å²) in [7, 11) is 0. The van der Waals surface area contributed by atoms with Gasteiger partial charge >= 0.3 is 0 Å². The van der Waals surface area contributed by atoms with Gasteiger partial charge in [-0.05, 0) is 39.1 Å². The molecule has 1 aliphatic heterocycles. The predicted molar refractivity (Wildman–Crippen MR) is 64.3 cm³/mol. The number of hydrogen-bond donors (Lipinski definition) is 2. The number of rotatable bonds is 3. The Hall–Kier alpha value is 0.0700. The van der Waals surface area contributed by atoms with Crippen molar-refractivity contribution in [1.82, 2.24) is 10.6 Å². The van der Waals surface area contributed by atoms with Gasteiger partial charge in [0.05, 0.1) is 5.75 Å². The maximum atomic E-state index is 11.4. The van der Waals surface area contributed by atoms with Gasteiger partial charge in [-0.2, -0.15) is 11.8 Å². The number of hydrogen-bond acceptors (Lipinski definition) is 3. The van der Waals surface area contributed by atoms with E-state index in [0.29, 0.717) is 5.75 Å². The van der Waals surface area contributed by atoms with Gasteiger partial charge in [-0.3, -0.25) is 4.79 Å². The third-order valence-corrected chi connectivity index (χ3v) is 2.97. The van der Waals surface area contributed by atoms with E-state index in [2.05, 4.69) is 17.6 Å². The number of carbonyl (C=O) groups excluding carboxylic acids is 1. The van der Waals surface area contributed by atoms with E-state index < -0.39 is 0 Å². The summed E-state index contributed by atoms with van der Waals surface area (Å²) in [5, 5.41) is 6.39. The SMILES string of the molecule is CSCC(=O)NC1(C)CCNCC1.Cl. The Labute approximate surface area is 96.2 Å². The molecule has 84 valence electrons. The number of nitrogens with one attached hydrogen (secondary N) is 2. The maximum absolute atomic E-state index is 11.4. The number of halogens is 1. The van der Waals surface area contributed by atoms with Gasteiger partial charge in [0.2, 0.25) is 5.91 Å². The molecule has 1 aliphatic rings. The second kappa shape index (κ2) is 6.53. The summed E-state index contributed by atoms with van der Waals surface area (Å²) >= 11 is 1.57. The van der Waals surface area contributed by atoms with Crippen LogP contribution in [-0.4, -0.2) is 36.5 Å². The Kier molecular flexibility index (Phi) is 6.57. The normalized spacial score (nSPS) is 19.6. The van der Waals surface area contributed by atoms with Crippen molar-refractivity contribution in [3.8, 4) is 0 Å². The van der Waals surface area contributed by atoms with Crippen LogP contribution in [-0.2, 0) is 4.79 Å². The molecule has 0 atom stereocenters. The van der Waals surface area contributed by atoms with Crippen LogP contribution in [0.1, 0.15) is 19.8 Å². The zero-order valence-corrected chi connectivity index (χ0v) is 10.4. The van der Waals surface area contributed by atoms with E-state index in [-0.39, 0.29) is 23.9 Å². The summed E-state index contributed by atoms with van der Waals surface area (Å²) in [4.78, 5) is 11.4. The maximum Gasteiger partial charge on any atom is 0.230 e. The van der Waals surface area contributed by atoms with Crippen LogP contribution >= 0.6 is 24.2 Å². The first kappa shape index (κ1) is 14.1. The molecule has 0 radical (unpaired) electrons. The highest BCUT2D eigenvalue weighted by Gasteiger charge is 2.27. The van der Waals surface area contributed by atoms with Crippen LogP contribution in [0.4, 0.5) is 0 Å². The minimum absolute atomic E-state index is 0. The molecule has 2 N–H and O–H groups in total. The minimum Gasteiger partial charge on any atom is -0.350 e. The number of amides is 1. The average molecular weight is 239 g/mol. The van der Waals surface area contributed by atoms with Crippen molar-refractivity contribution in [3.05, 3.63) is 0 Å². The second-order valence-corrected chi connectivity index (χ2v) is 4.66. The average Bonchev–Trinajstić information content (AvgIpc) is 2.04. The first-order valence-corrected chi connectivity index (χ1v) is 6.06. The molecule has 14 heavy (non-hydrogen) atoms. The number of piperidine rings is 1. The highest BCUT2D eigenvalue weighted by molar-refractivity contribution is 7.99. The molecule has 0 aliphatic carbocycles. The first-order chi connectivity index (χ1) is 6.16. The van der Waals surface area contributed by atoms with Gasteiger partial charge in [0.25, 0.3) is 0 Å². The summed E-state index contributed by atoms with van der Waals surface area (Å²) in [5.74, 6) is 0.736. The van der Waals surface area contributed by atoms with E-state index in [1.165, 1.54) is 0 Å². The van der Waals surface area contributed by atoms with Crippen molar-refractivity contribution < 1.29 is 4.79 Å². The van der Waals surface area contributed by atoms with E-state index in [4.69, 9.17) is 0 Å². The largest absolute Gasteiger partial charge is 0.350 e. The standard InChI is InChI=1S/C9H18N2OS.ClH/c1-9(3-5-10-6-4-9)11-8(12)7-13-2;/h10H,3-7H2,1-2H3,(H,11,12);1H. The second-order valence-electron chi connectivity index (χ2n) is 3.79. The van der Waals surface area contributed by atoms with Crippen molar-refractivity contribution in [2.45, 2.75) is 25.3 Å². The predicted octanol–water partition coefficient (Wildman–Crippen LogP) is 1.03. The first-order valence-electron chi connectivity index (χ1n) is 4.67. The quantitative estimate of drug-likeness (QED) is 0.772. The van der Waals surface area contributed by atoms with Crippen molar-refractivity contribution >= 4 is 30.1 Å². The van der Waals surface area contributed by atoms with Gasteiger partial charge < -0.3 is 10.6 Å². The molecule has 0 saturated carbocycles. The van der Waals surface area contributed by atoms with Crippen molar-refractivity contribution in [1.29, 1.82) is 0 Å². The van der Waals surface area contributed by atoms with E-state index in [1.807, 2.05) is 6.26 Å². The Bertz CT molecular complexity index is 184. The monoisotopic (exact) mass is 238 g/mol. The molecular weight excluding hydrogens is 220 g/mol. The zero-order valence-electron chi connectivity index (χ0n) is 8.76. The summed E-state index contributed by atoms with van der Waals surface area (Å²) in [6, 6.07) is 0. The fourth-order valence-electron chi connectivity index (χ4n) is 1.61. The van der Waals surface area contributed by atoms with Crippen LogP contribution in [0.5, 0.6) is 0 Å². The van der Waals surface area contributed by atoms with Crippen molar-refractivity contribution in [3.63, 3.8) is 0 Å². The van der Waals surface area contributed by atoms with Crippen molar-refractivity contribution in [2.75, 3.05) is 25.1 Å². The Morgan fingerprint density at radius 3 is 2.57 bits per heavy atom. The summed E-state index contributed by atoms with van der Waals surface area (Å²) in [5.41, 5.74) is 0.0259. The Balaban J connectivity index is 0.00000169. The van der Waals surface area contributed by atoms with Crippen LogP contribution in [0.25, 0.3) is 0 Å². The number of carbonyl (C=O) groups is 1. The van der Waals surface area contributed by atoms with Gasteiger partial charge in [-0.1, -0.05) is 0 Å². The number of thioether (sulfide) groups is 1. The molecule has 1 rings (SSSR count). The molecule has 1 amide bonds. The highest BCUT2D eigenvalue weighted by atomic mass is 35.5. The van der Waals surface area contributed by atoms with Gasteiger partial charge in [-0.15, -0.1) is 12.4 Å². The Morgan fingerprint density at radius 1 is 1.50 bits per heavy atom. The van der Waals surface area contributed by atoms with Gasteiger partial charge in [0, 0.05) is 5.54 Å². The molecule has 0 aromatic carbocycles. The van der Waals surface area contributed by atoms with Gasteiger partial charge in [0.1, 0.15) is 0 Å². The van der Waals surface area contributed by atoms with Crippen LogP contribution < -0.4 is 10.6 Å². The van der Waals surface area contributed by atoms with E-state index in [9.17, 15) is 4.79 Å². The summed E-state index contributed by atoms with van der Waals surface area (Å²) in [6.07, 6.45) is 4.02. The van der Waals surface area contributed by atoms with Crippen LogP contribution in [0.2, 0.25) is 0 Å². The smallest absolute Gasteiger partial charge is 0.230 e. The molecule has 0 aromatic rings. The molecule has 1 saturated heterocycles. The fourth-order valence-corrected chi connectivity index (χ4v) is 1.94. The van der Waals surface area contributed by atoms with E-state index >= 15 is 0 Å². The lowest BCUT2D eigenvalue weighted by Crippen LogP contribution is -2.52. The molecule has 0 aromatic heterocycles. The van der Waals surface area contributed by atoms with Crippen LogP contribution in [0.15, 0.2) is 0 Å². The molecule has 0 bridgehead atoms. The molecule has 0 spiro atoms. The topological polar surface area (TPSA) is 41.1 Å². The molecular formula is C9H19ClN2OS. The van der Waals surface area contributed by atoms with E-state index in [0.717, 1.165) is 25.9 Å². The third kappa shape index (κ3) is 4.53. The van der Waals surface area contributed by atoms with Crippen molar-refractivity contribution in [2.24, 2.45) is 0 Å². The van der Waals surface area contributed by atoms with Crippen LogP contribution in [0, 0.1) is 0 Å². The van der Waals surface area contributed by atoms with Gasteiger partial charge in [-0.25, -0.2) is 0 Å². The highest BCUT2D eigenvalue weighted by Crippen LogP contribution is 2.16. The Morgan fingerprint density at radius 2 is 2.07 bits per heavy atom. The zero-order chi connectivity index (χ0) is 9.73. The third-order valence-electron chi connectivity index (χ3n) is 2.42. The lowest BCUT2D eigenvalue weighted by atomic mass is 9.91. The molecule has 5 heteroatoms. The molecule has 1 fully saturated rings. The lowest BCUT2D eigenvalue weighted by molar-refractivity contribution is -0.120. The molecule has 3 nitrogen and oxygen atoms in total. The molecule has 1 heterocycles. The molecule has 0 unspecified atom stereocenters. The van der Waals surface area contributed by atoms with E-state index in [1.54, 1.807) is 11.8 Å². The summed E-state index contributed by atoms with van der Waals surface area (Å²) < 4.78 is 0. The minimum atomic E-state index is 0. The van der Waals surface area contributed by atoms with Gasteiger partial charge in [0.15, 0.2) is 0 Å². The van der Waals surface area contributed by atoms with Crippen LogP contribution in [0.3, 0.4) is 0 Å². The lowest BCUT2D eigenvalue weighted by Gasteiger charge is -2.34. The summed E-state index contributed by atoms with van der Waals surface area (Å²) in [6.45, 7) is 4.15.